The van der Waals surface area contributed by atoms with E-state index in [4.69, 9.17) is 0 Å². The van der Waals surface area contributed by atoms with Crippen molar-refractivity contribution < 1.29 is 9.90 Å². The van der Waals surface area contributed by atoms with Crippen LogP contribution in [-0.4, -0.2) is 41.9 Å². The standard InChI is InChI=1S/C22H22N8O2/c1-30-20(9-12-25-30)27-22-24-11-8-17(26-22)16-7-10-23-19(14-16)28-29-21(32)18(31)13-15-5-3-2-4-6-15/h2-12,14,18,31H,13H2,1H3,(H,23,28)(H,29,32)(H,24,26,27). The fraction of sp³-hybridized carbons (Fsp3) is 0.136. The SMILES string of the molecule is Cn1nccc1Nc1nccc(-c2ccnc(NNC(=O)C(O)Cc3ccccc3)c2)n1. The van der Waals surface area contributed by atoms with Crippen LogP contribution in [0.2, 0.25) is 0 Å². The number of anilines is 3. The lowest BCUT2D eigenvalue weighted by Gasteiger charge is -2.13. The fourth-order valence-corrected chi connectivity index (χ4v) is 2.99. The molecule has 0 bridgehead atoms. The Morgan fingerprint density at radius 3 is 2.66 bits per heavy atom. The third-order valence-electron chi connectivity index (χ3n) is 4.66. The molecule has 0 saturated carbocycles. The molecule has 0 radical (unpaired) electrons. The number of nitrogens with one attached hydrogen (secondary N) is 3. The molecule has 1 amide bonds. The maximum atomic E-state index is 12.2. The van der Waals surface area contributed by atoms with E-state index in [-0.39, 0.29) is 6.42 Å². The van der Waals surface area contributed by atoms with Gasteiger partial charge in [-0.05, 0) is 23.8 Å². The number of aryl methyl sites for hydroxylation is 1. The zero-order chi connectivity index (χ0) is 22.3. The van der Waals surface area contributed by atoms with Crippen LogP contribution in [0.15, 0.2) is 73.2 Å². The Hall–Kier alpha value is -4.31. The number of carbonyl (C=O) groups excluding carboxylic acids is 1. The molecule has 0 saturated heterocycles. The van der Waals surface area contributed by atoms with Crippen molar-refractivity contribution in [1.29, 1.82) is 0 Å². The van der Waals surface area contributed by atoms with Gasteiger partial charge in [-0.25, -0.2) is 15.0 Å². The Kier molecular flexibility index (Phi) is 6.33. The van der Waals surface area contributed by atoms with Crippen molar-refractivity contribution in [2.75, 3.05) is 10.7 Å². The van der Waals surface area contributed by atoms with Crippen molar-refractivity contribution in [2.24, 2.45) is 7.05 Å². The molecule has 0 spiro atoms. The Morgan fingerprint density at radius 1 is 1.06 bits per heavy atom. The molecule has 32 heavy (non-hydrogen) atoms. The van der Waals surface area contributed by atoms with Crippen LogP contribution >= 0.6 is 0 Å². The highest BCUT2D eigenvalue weighted by atomic mass is 16.3. The van der Waals surface area contributed by atoms with E-state index in [1.165, 1.54) is 0 Å². The summed E-state index contributed by atoms with van der Waals surface area (Å²) in [7, 11) is 1.82. The number of hydrazine groups is 1. The van der Waals surface area contributed by atoms with Crippen molar-refractivity contribution in [3.63, 3.8) is 0 Å². The Bertz CT molecular complexity index is 1200. The first kappa shape index (κ1) is 20.9. The number of aliphatic hydroxyl groups is 1. The number of amides is 1. The Balaban J connectivity index is 1.40. The molecule has 4 aromatic rings. The Morgan fingerprint density at radius 2 is 1.88 bits per heavy atom. The molecule has 3 aromatic heterocycles. The number of pyridine rings is 1. The summed E-state index contributed by atoms with van der Waals surface area (Å²) in [6.07, 6.45) is 3.96. The van der Waals surface area contributed by atoms with Crippen LogP contribution < -0.4 is 16.2 Å². The number of hydrogen-bond acceptors (Lipinski definition) is 8. The zero-order valence-corrected chi connectivity index (χ0v) is 17.3. The van der Waals surface area contributed by atoms with Crippen LogP contribution in [-0.2, 0) is 18.3 Å². The lowest BCUT2D eigenvalue weighted by Crippen LogP contribution is -2.39. The smallest absolute Gasteiger partial charge is 0.267 e. The van der Waals surface area contributed by atoms with Crippen LogP contribution in [0.25, 0.3) is 11.3 Å². The van der Waals surface area contributed by atoms with E-state index in [0.29, 0.717) is 17.5 Å². The van der Waals surface area contributed by atoms with Gasteiger partial charge in [0.15, 0.2) is 0 Å². The summed E-state index contributed by atoms with van der Waals surface area (Å²) in [4.78, 5) is 25.2. The molecule has 1 unspecified atom stereocenters. The van der Waals surface area contributed by atoms with Gasteiger partial charge in [-0.2, -0.15) is 5.10 Å². The second-order valence-corrected chi connectivity index (χ2v) is 6.98. The first-order chi connectivity index (χ1) is 15.6. The van der Waals surface area contributed by atoms with Crippen molar-refractivity contribution in [3.05, 3.63) is 78.8 Å². The topological polar surface area (TPSA) is 130 Å². The highest BCUT2D eigenvalue weighted by Gasteiger charge is 2.15. The highest BCUT2D eigenvalue weighted by Crippen LogP contribution is 2.20. The van der Waals surface area contributed by atoms with Gasteiger partial charge in [-0.3, -0.25) is 20.3 Å². The number of aromatic nitrogens is 5. The summed E-state index contributed by atoms with van der Waals surface area (Å²) >= 11 is 0. The summed E-state index contributed by atoms with van der Waals surface area (Å²) in [6.45, 7) is 0. The summed E-state index contributed by atoms with van der Waals surface area (Å²) in [5.74, 6) is 1.04. The van der Waals surface area contributed by atoms with Gasteiger partial charge < -0.3 is 10.4 Å². The van der Waals surface area contributed by atoms with Crippen LogP contribution in [0.4, 0.5) is 17.6 Å². The second kappa shape index (κ2) is 9.67. The van der Waals surface area contributed by atoms with E-state index in [2.05, 4.69) is 36.2 Å². The molecule has 3 heterocycles. The van der Waals surface area contributed by atoms with Gasteiger partial charge in [0.05, 0.1) is 11.9 Å². The molecule has 1 aromatic carbocycles. The molecular formula is C22H22N8O2. The molecule has 0 aliphatic rings. The number of hydrogen-bond donors (Lipinski definition) is 4. The second-order valence-electron chi connectivity index (χ2n) is 6.98. The normalized spacial score (nSPS) is 11.6. The molecule has 4 rings (SSSR count). The quantitative estimate of drug-likeness (QED) is 0.313. The maximum absolute atomic E-state index is 12.2. The molecule has 0 fully saturated rings. The summed E-state index contributed by atoms with van der Waals surface area (Å²) in [5.41, 5.74) is 7.54. The van der Waals surface area contributed by atoms with E-state index in [0.717, 1.165) is 16.9 Å². The van der Waals surface area contributed by atoms with Gasteiger partial charge in [0.2, 0.25) is 5.95 Å². The van der Waals surface area contributed by atoms with Gasteiger partial charge in [-0.1, -0.05) is 30.3 Å². The zero-order valence-electron chi connectivity index (χ0n) is 17.3. The van der Waals surface area contributed by atoms with Gasteiger partial charge in [0.25, 0.3) is 5.91 Å². The third kappa shape index (κ3) is 5.24. The van der Waals surface area contributed by atoms with Crippen LogP contribution in [0.1, 0.15) is 5.56 Å². The average Bonchev–Trinajstić information content (AvgIpc) is 3.22. The van der Waals surface area contributed by atoms with Crippen molar-refractivity contribution in [2.45, 2.75) is 12.5 Å². The van der Waals surface area contributed by atoms with Crippen molar-refractivity contribution >= 4 is 23.5 Å². The summed E-state index contributed by atoms with van der Waals surface area (Å²) in [6, 6.07) is 16.4. The monoisotopic (exact) mass is 430 g/mol. The first-order valence-corrected chi connectivity index (χ1v) is 9.91. The van der Waals surface area contributed by atoms with E-state index in [1.807, 2.05) is 43.4 Å². The molecule has 0 aliphatic heterocycles. The van der Waals surface area contributed by atoms with E-state index >= 15 is 0 Å². The predicted octanol–water partition coefficient (Wildman–Crippen LogP) is 2.06. The predicted molar refractivity (Wildman–Crippen MR) is 120 cm³/mol. The number of nitrogens with zero attached hydrogens (tertiary/aromatic N) is 5. The Labute approximate surface area is 184 Å². The van der Waals surface area contributed by atoms with Crippen LogP contribution in [0.5, 0.6) is 0 Å². The van der Waals surface area contributed by atoms with Crippen LogP contribution in [0, 0.1) is 0 Å². The minimum Gasteiger partial charge on any atom is -0.383 e. The fourth-order valence-electron chi connectivity index (χ4n) is 2.99. The van der Waals surface area contributed by atoms with Gasteiger partial charge in [0, 0.05) is 37.5 Å². The van der Waals surface area contributed by atoms with Gasteiger partial charge in [0.1, 0.15) is 17.7 Å². The molecule has 0 aliphatic carbocycles. The average molecular weight is 430 g/mol. The number of benzene rings is 1. The number of carbonyl (C=O) groups is 1. The van der Waals surface area contributed by atoms with Crippen molar-refractivity contribution in [3.8, 4) is 11.3 Å². The summed E-state index contributed by atoms with van der Waals surface area (Å²) < 4.78 is 1.68. The number of aliphatic hydroxyl groups excluding tert-OH is 1. The van der Waals surface area contributed by atoms with E-state index in [9.17, 15) is 9.90 Å². The highest BCUT2D eigenvalue weighted by molar-refractivity contribution is 5.82. The minimum absolute atomic E-state index is 0.217. The molecule has 4 N–H and O–H groups in total. The van der Waals surface area contributed by atoms with E-state index in [1.54, 1.807) is 41.5 Å². The molecule has 10 nitrogen and oxygen atoms in total. The molecular weight excluding hydrogens is 408 g/mol. The largest absolute Gasteiger partial charge is 0.383 e. The minimum atomic E-state index is -1.18. The van der Waals surface area contributed by atoms with Gasteiger partial charge >= 0.3 is 0 Å². The molecule has 162 valence electrons. The lowest BCUT2D eigenvalue weighted by atomic mass is 10.1. The van der Waals surface area contributed by atoms with E-state index < -0.39 is 12.0 Å². The maximum Gasteiger partial charge on any atom is 0.267 e. The summed E-state index contributed by atoms with van der Waals surface area (Å²) in [5, 5.41) is 17.4. The van der Waals surface area contributed by atoms with Crippen molar-refractivity contribution in [1.82, 2.24) is 30.2 Å². The van der Waals surface area contributed by atoms with Crippen LogP contribution in [0.3, 0.4) is 0 Å². The number of rotatable bonds is 8. The molecule has 10 heteroatoms. The lowest BCUT2D eigenvalue weighted by molar-refractivity contribution is -0.128. The van der Waals surface area contributed by atoms with Gasteiger partial charge in [-0.15, -0.1) is 0 Å². The molecule has 1 atom stereocenters. The third-order valence-corrected chi connectivity index (χ3v) is 4.66. The first-order valence-electron chi connectivity index (χ1n) is 9.91.